The molecular weight excluding hydrogens is 711 g/mol. The maximum absolute atomic E-state index is 3.59. The Morgan fingerprint density at radius 2 is 0.915 bits per heavy atom. The van der Waals surface area contributed by atoms with Gasteiger partial charge in [0.05, 0.1) is 0 Å². The quantitative estimate of drug-likeness (QED) is 0.184. The number of aryl methyl sites for hydroxylation is 3. The summed E-state index contributed by atoms with van der Waals surface area (Å²) in [4.78, 5) is 0. The Morgan fingerprint density at radius 1 is 0.424 bits per heavy atom. The molecule has 9 aromatic rings. The highest BCUT2D eigenvalue weighted by molar-refractivity contribution is 5.86. The van der Waals surface area contributed by atoms with Crippen LogP contribution in [0.2, 0.25) is 0 Å². The van der Waals surface area contributed by atoms with Crippen molar-refractivity contribution in [1.82, 2.24) is 0 Å². The normalized spacial score (nSPS) is 11.7. The van der Waals surface area contributed by atoms with Gasteiger partial charge in [0.2, 0.25) is 0 Å². The fraction of sp³-hybridized carbons (Fsp3) is 0.138. The predicted octanol–water partition coefficient (Wildman–Crippen LogP) is 16.3. The van der Waals surface area contributed by atoms with Crippen molar-refractivity contribution in [2.75, 3.05) is 5.32 Å². The molecule has 0 aromatic heterocycles. The summed E-state index contributed by atoms with van der Waals surface area (Å²) in [5.41, 5.74) is 14.4. The highest BCUT2D eigenvalue weighted by Gasteiger charge is 2.35. The van der Waals surface area contributed by atoms with Gasteiger partial charge < -0.3 is 5.32 Å². The molecule has 0 radical (unpaired) electrons. The minimum atomic E-state index is 0.0194. The number of rotatable bonds is 5. The first-order chi connectivity index (χ1) is 28.8. The summed E-state index contributed by atoms with van der Waals surface area (Å²) in [5.74, 6) is 0. The average molecular weight is 766 g/mol. The lowest BCUT2D eigenvalue weighted by Gasteiger charge is -2.22. The summed E-state index contributed by atoms with van der Waals surface area (Å²) < 4.78 is 0. The number of nitrogens with one attached hydrogen (secondary N) is 1. The third-order valence-electron chi connectivity index (χ3n) is 11.2. The van der Waals surface area contributed by atoms with Crippen molar-refractivity contribution >= 4 is 32.9 Å². The van der Waals surface area contributed by atoms with Gasteiger partial charge in [-0.2, -0.15) is 0 Å². The summed E-state index contributed by atoms with van der Waals surface area (Å²) in [7, 11) is 0. The van der Waals surface area contributed by atoms with Gasteiger partial charge in [-0.1, -0.05) is 221 Å². The Kier molecular flexibility index (Phi) is 13.2. The van der Waals surface area contributed by atoms with Crippen LogP contribution in [0.15, 0.2) is 212 Å². The number of anilines is 2. The lowest BCUT2D eigenvalue weighted by atomic mass is 9.82. The van der Waals surface area contributed by atoms with Crippen LogP contribution in [0.4, 0.5) is 11.4 Å². The molecule has 1 nitrogen and oxygen atoms in total. The van der Waals surface area contributed by atoms with Crippen LogP contribution < -0.4 is 5.32 Å². The van der Waals surface area contributed by atoms with E-state index in [0.29, 0.717) is 0 Å². The zero-order valence-electron chi connectivity index (χ0n) is 35.1. The lowest BCUT2D eigenvalue weighted by molar-refractivity contribution is 0.660. The van der Waals surface area contributed by atoms with E-state index < -0.39 is 0 Å². The average Bonchev–Trinajstić information content (AvgIpc) is 3.50. The van der Waals surface area contributed by atoms with E-state index in [4.69, 9.17) is 0 Å². The van der Waals surface area contributed by atoms with Gasteiger partial charge in [-0.15, -0.1) is 0 Å². The number of hydrogen-bond acceptors (Lipinski definition) is 1. The van der Waals surface area contributed by atoms with Crippen molar-refractivity contribution in [2.24, 2.45) is 0 Å². The van der Waals surface area contributed by atoms with Crippen LogP contribution in [0.1, 0.15) is 55.0 Å². The van der Waals surface area contributed by atoms with Crippen LogP contribution in [0.3, 0.4) is 0 Å². The molecule has 0 amide bonds. The zero-order chi connectivity index (χ0) is 41.0. The second-order valence-corrected chi connectivity index (χ2v) is 15.9. The van der Waals surface area contributed by atoms with Gasteiger partial charge >= 0.3 is 0 Å². The van der Waals surface area contributed by atoms with Gasteiger partial charge in [0.25, 0.3) is 0 Å². The monoisotopic (exact) mass is 765 g/mol. The van der Waals surface area contributed by atoms with Crippen LogP contribution in [-0.2, 0) is 11.8 Å². The molecule has 10 rings (SSSR count). The second kappa shape index (κ2) is 19.2. The fourth-order valence-corrected chi connectivity index (χ4v) is 7.93. The van der Waals surface area contributed by atoms with Gasteiger partial charge in [0.1, 0.15) is 0 Å². The summed E-state index contributed by atoms with van der Waals surface area (Å²) in [6.45, 7) is 11.2. The third-order valence-corrected chi connectivity index (χ3v) is 11.2. The fourth-order valence-electron chi connectivity index (χ4n) is 7.93. The molecule has 292 valence electrons. The molecule has 1 aliphatic carbocycles. The molecule has 0 unspecified atom stereocenters. The highest BCUT2D eigenvalue weighted by Crippen LogP contribution is 2.49. The Bertz CT molecular complexity index is 2660. The maximum atomic E-state index is 3.59. The molecule has 9 aromatic carbocycles. The van der Waals surface area contributed by atoms with Gasteiger partial charge in [0.15, 0.2) is 0 Å². The second-order valence-electron chi connectivity index (χ2n) is 15.9. The van der Waals surface area contributed by atoms with Crippen molar-refractivity contribution in [3.8, 4) is 22.3 Å². The van der Waals surface area contributed by atoms with Crippen molar-refractivity contribution in [3.05, 3.63) is 240 Å². The highest BCUT2D eigenvalue weighted by atomic mass is 14.9. The van der Waals surface area contributed by atoms with Gasteiger partial charge in [-0.3, -0.25) is 0 Å². The number of hydrogen-bond donors (Lipinski definition) is 1. The molecule has 1 heteroatoms. The van der Waals surface area contributed by atoms with E-state index in [9.17, 15) is 0 Å². The first-order valence-electron chi connectivity index (χ1n) is 20.9. The van der Waals surface area contributed by atoms with Crippen molar-refractivity contribution in [1.29, 1.82) is 0 Å². The topological polar surface area (TPSA) is 12.0 Å². The summed E-state index contributed by atoms with van der Waals surface area (Å²) in [6.07, 6.45) is 2.45. The Morgan fingerprint density at radius 3 is 1.53 bits per heavy atom. The molecule has 1 aliphatic rings. The first kappa shape index (κ1) is 40.5. The number of fused-ring (bicyclic) bond motifs is 5. The molecule has 0 heterocycles. The largest absolute Gasteiger partial charge is 0.356 e. The minimum absolute atomic E-state index is 0.0194. The third kappa shape index (κ3) is 10.1. The van der Waals surface area contributed by atoms with Gasteiger partial charge in [0, 0.05) is 16.8 Å². The molecule has 1 N–H and O–H groups in total. The van der Waals surface area contributed by atoms with Crippen LogP contribution in [-0.4, -0.2) is 0 Å². The van der Waals surface area contributed by atoms with Crippen LogP contribution in [0, 0.1) is 13.8 Å². The van der Waals surface area contributed by atoms with E-state index in [0.717, 1.165) is 11.4 Å². The van der Waals surface area contributed by atoms with Crippen molar-refractivity contribution < 1.29 is 0 Å². The Balaban J connectivity index is 0.000000143. The van der Waals surface area contributed by atoms with Crippen LogP contribution in [0.5, 0.6) is 0 Å². The Labute approximate surface area is 352 Å². The molecule has 0 fully saturated rings. The van der Waals surface area contributed by atoms with Gasteiger partial charge in [-0.25, -0.2) is 0 Å². The zero-order valence-corrected chi connectivity index (χ0v) is 35.1. The molecule has 0 aliphatic heterocycles. The predicted molar refractivity (Wildman–Crippen MR) is 257 cm³/mol. The van der Waals surface area contributed by atoms with Crippen molar-refractivity contribution in [2.45, 2.75) is 52.9 Å². The van der Waals surface area contributed by atoms with E-state index in [1.54, 1.807) is 0 Å². The molecular formula is C58H55N. The van der Waals surface area contributed by atoms with E-state index in [2.05, 4.69) is 246 Å². The smallest absolute Gasteiger partial charge is 0.0387 e. The van der Waals surface area contributed by atoms with E-state index in [-0.39, 0.29) is 5.41 Å². The van der Waals surface area contributed by atoms with E-state index >= 15 is 0 Å². The molecule has 0 saturated heterocycles. The minimum Gasteiger partial charge on any atom is -0.356 e. The van der Waals surface area contributed by atoms with Gasteiger partial charge in [-0.05, 0) is 111 Å². The Hall–Kier alpha value is -6.70. The standard InChI is InChI=1S/C28H25N.C11H10.C10H8.C9H12/c1-19-9-15-24-25-16-14-23(18-27(25)28(2,3)26(24)17-19)29-22-12-10-21(11-13-22)20-7-5-4-6-8-20;1-9-5-4-7-10-6-2-3-8-11(9)10;1-2-6-10-8-4-3-7-9(10)5-1;1-2-6-9-7-4-3-5-8-9/h4-18,29H,1-3H3;2-8H,1H3;1-8H;3-5,7-8H,2,6H2,1H3. The summed E-state index contributed by atoms with van der Waals surface area (Å²) in [5, 5.41) is 8.89. The molecule has 0 bridgehead atoms. The SMILES string of the molecule is CCCc1ccccc1.Cc1ccc2c(c1)C(C)(C)c1cc(Nc3ccc(-c4ccccc4)cc3)ccc1-2.Cc1cccc2ccccc12.c1ccc2ccccc2c1. The number of benzene rings is 9. The molecule has 0 atom stereocenters. The summed E-state index contributed by atoms with van der Waals surface area (Å²) in [6, 6.07) is 74.8. The van der Waals surface area contributed by atoms with E-state index in [1.807, 2.05) is 6.07 Å². The lowest BCUT2D eigenvalue weighted by Crippen LogP contribution is -2.15. The molecule has 59 heavy (non-hydrogen) atoms. The molecule has 0 spiro atoms. The summed E-state index contributed by atoms with van der Waals surface area (Å²) >= 11 is 0. The first-order valence-corrected chi connectivity index (χ1v) is 20.9. The van der Waals surface area contributed by atoms with Crippen LogP contribution >= 0.6 is 0 Å². The van der Waals surface area contributed by atoms with E-state index in [1.165, 1.54) is 84.5 Å². The molecule has 0 saturated carbocycles. The maximum Gasteiger partial charge on any atom is 0.0387 e. The van der Waals surface area contributed by atoms with Crippen LogP contribution in [0.25, 0.3) is 43.8 Å². The van der Waals surface area contributed by atoms with Crippen molar-refractivity contribution in [3.63, 3.8) is 0 Å².